The highest BCUT2D eigenvalue weighted by molar-refractivity contribution is 5.98. The van der Waals surface area contributed by atoms with Gasteiger partial charge in [0.05, 0.1) is 6.61 Å². The molecule has 6 heteroatoms. The summed E-state index contributed by atoms with van der Waals surface area (Å²) in [6.07, 6.45) is 5.35. The van der Waals surface area contributed by atoms with Crippen molar-refractivity contribution in [3.8, 4) is 0 Å². The molecular weight excluding hydrogens is 272 g/mol. The first-order chi connectivity index (χ1) is 9.97. The van der Waals surface area contributed by atoms with Crippen LogP contribution in [0.25, 0.3) is 6.08 Å². The van der Waals surface area contributed by atoms with Crippen LogP contribution in [0.1, 0.15) is 29.8 Å². The number of carbonyl (C=O) groups excluding carboxylic acids is 1. The fourth-order valence-electron chi connectivity index (χ4n) is 1.83. The maximum atomic E-state index is 12.6. The van der Waals surface area contributed by atoms with Crippen LogP contribution in [0.2, 0.25) is 0 Å². The van der Waals surface area contributed by atoms with Gasteiger partial charge in [-0.15, -0.1) is 0 Å². The summed E-state index contributed by atoms with van der Waals surface area (Å²) in [6, 6.07) is 1.60. The summed E-state index contributed by atoms with van der Waals surface area (Å²) in [5.74, 6) is -1.24. The molecule has 1 heterocycles. The van der Waals surface area contributed by atoms with E-state index < -0.39 is 5.97 Å². The van der Waals surface area contributed by atoms with E-state index in [1.807, 2.05) is 13.8 Å². The molecule has 21 heavy (non-hydrogen) atoms. The first-order valence-electron chi connectivity index (χ1n) is 6.62. The van der Waals surface area contributed by atoms with E-state index in [2.05, 4.69) is 4.98 Å². The first-order valence-corrected chi connectivity index (χ1v) is 6.62. The van der Waals surface area contributed by atoms with Crippen molar-refractivity contribution < 1.29 is 19.4 Å². The number of nitrogens with zero attached hydrogens (tertiary/aromatic N) is 2. The van der Waals surface area contributed by atoms with Crippen molar-refractivity contribution in [2.45, 2.75) is 19.9 Å². The third kappa shape index (κ3) is 5.00. The van der Waals surface area contributed by atoms with Gasteiger partial charge in [-0.3, -0.25) is 9.78 Å². The molecule has 0 unspecified atom stereocenters. The third-order valence-corrected chi connectivity index (χ3v) is 2.91. The predicted octanol–water partition coefficient (Wildman–Crippen LogP) is 1.68. The molecule has 0 saturated carbocycles. The number of pyridine rings is 1. The van der Waals surface area contributed by atoms with Crippen LogP contribution < -0.4 is 0 Å². The number of hydrogen-bond acceptors (Lipinski definition) is 4. The van der Waals surface area contributed by atoms with Crippen LogP contribution in [0.5, 0.6) is 0 Å². The Morgan fingerprint density at radius 3 is 2.76 bits per heavy atom. The third-order valence-electron chi connectivity index (χ3n) is 2.91. The summed E-state index contributed by atoms with van der Waals surface area (Å²) in [5, 5.41) is 8.70. The average molecular weight is 292 g/mol. The summed E-state index contributed by atoms with van der Waals surface area (Å²) < 4.78 is 5.02. The lowest BCUT2D eigenvalue weighted by atomic mass is 10.1. The zero-order valence-electron chi connectivity index (χ0n) is 12.4. The van der Waals surface area contributed by atoms with Crippen LogP contribution >= 0.6 is 0 Å². The predicted molar refractivity (Wildman–Crippen MR) is 79.0 cm³/mol. The van der Waals surface area contributed by atoms with Gasteiger partial charge in [-0.2, -0.15) is 0 Å². The fraction of sp³-hybridized carbons (Fsp3) is 0.400. The number of amides is 1. The highest BCUT2D eigenvalue weighted by Crippen LogP contribution is 2.14. The highest BCUT2D eigenvalue weighted by atomic mass is 16.5. The molecule has 1 amide bonds. The summed E-state index contributed by atoms with van der Waals surface area (Å²) in [6.45, 7) is 4.75. The molecule has 1 aromatic rings. The molecule has 0 spiro atoms. The molecular formula is C15H20N2O4. The SMILES string of the molecule is COCCN(C(=O)c1ccncc1/C=C/C(=O)O)C(C)C. The molecule has 1 aromatic heterocycles. The molecule has 0 aliphatic rings. The van der Waals surface area contributed by atoms with Crippen LogP contribution in [0.4, 0.5) is 0 Å². The minimum absolute atomic E-state index is 0.0112. The Hall–Kier alpha value is -2.21. The molecule has 6 nitrogen and oxygen atoms in total. The lowest BCUT2D eigenvalue weighted by molar-refractivity contribution is -0.131. The van der Waals surface area contributed by atoms with Crippen molar-refractivity contribution in [3.63, 3.8) is 0 Å². The van der Waals surface area contributed by atoms with Crippen LogP contribution in [0, 0.1) is 0 Å². The molecule has 0 aliphatic carbocycles. The highest BCUT2D eigenvalue weighted by Gasteiger charge is 2.20. The molecule has 0 aromatic carbocycles. The van der Waals surface area contributed by atoms with E-state index in [9.17, 15) is 9.59 Å². The molecule has 0 radical (unpaired) electrons. The minimum atomic E-state index is -1.07. The van der Waals surface area contributed by atoms with Gasteiger partial charge in [-0.05, 0) is 26.0 Å². The van der Waals surface area contributed by atoms with Crippen molar-refractivity contribution in [1.29, 1.82) is 0 Å². The van der Waals surface area contributed by atoms with Gasteiger partial charge in [-0.1, -0.05) is 0 Å². The van der Waals surface area contributed by atoms with E-state index in [0.29, 0.717) is 24.3 Å². The number of rotatable bonds is 7. The summed E-state index contributed by atoms with van der Waals surface area (Å²) in [7, 11) is 1.58. The van der Waals surface area contributed by atoms with Crippen molar-refractivity contribution in [2.75, 3.05) is 20.3 Å². The molecule has 1 N–H and O–H groups in total. The topological polar surface area (TPSA) is 79.7 Å². The van der Waals surface area contributed by atoms with Crippen molar-refractivity contribution in [3.05, 3.63) is 35.7 Å². The van der Waals surface area contributed by atoms with E-state index in [-0.39, 0.29) is 11.9 Å². The number of carboxylic acid groups (broad SMARTS) is 1. The Morgan fingerprint density at radius 1 is 1.48 bits per heavy atom. The molecule has 0 bridgehead atoms. The van der Waals surface area contributed by atoms with E-state index in [0.717, 1.165) is 6.08 Å². The van der Waals surface area contributed by atoms with Gasteiger partial charge in [0.2, 0.25) is 0 Å². The Balaban J connectivity index is 3.07. The Morgan fingerprint density at radius 2 is 2.19 bits per heavy atom. The lowest BCUT2D eigenvalue weighted by Gasteiger charge is -2.27. The number of hydrogen-bond donors (Lipinski definition) is 1. The number of methoxy groups -OCH3 is 1. The van der Waals surface area contributed by atoms with Gasteiger partial charge in [0.1, 0.15) is 0 Å². The van der Waals surface area contributed by atoms with E-state index in [4.69, 9.17) is 9.84 Å². The van der Waals surface area contributed by atoms with Crippen molar-refractivity contribution >= 4 is 18.0 Å². The molecule has 0 aliphatic heterocycles. The van der Waals surface area contributed by atoms with Gasteiger partial charge in [0.25, 0.3) is 5.91 Å². The number of carbonyl (C=O) groups is 2. The first kappa shape index (κ1) is 16.8. The molecule has 0 atom stereocenters. The smallest absolute Gasteiger partial charge is 0.328 e. The second-order valence-corrected chi connectivity index (χ2v) is 4.72. The lowest BCUT2D eigenvalue weighted by Crippen LogP contribution is -2.39. The quantitative estimate of drug-likeness (QED) is 0.773. The molecule has 1 rings (SSSR count). The zero-order chi connectivity index (χ0) is 15.8. The fourth-order valence-corrected chi connectivity index (χ4v) is 1.83. The van der Waals surface area contributed by atoms with Crippen LogP contribution in [-0.2, 0) is 9.53 Å². The van der Waals surface area contributed by atoms with Crippen LogP contribution in [0.3, 0.4) is 0 Å². The second-order valence-electron chi connectivity index (χ2n) is 4.72. The van der Waals surface area contributed by atoms with E-state index in [1.165, 1.54) is 18.5 Å². The molecule has 0 saturated heterocycles. The number of aliphatic carboxylic acids is 1. The number of ether oxygens (including phenoxy) is 1. The maximum absolute atomic E-state index is 12.6. The van der Waals surface area contributed by atoms with Crippen molar-refractivity contribution in [2.24, 2.45) is 0 Å². The Kier molecular flexibility index (Phi) is 6.55. The van der Waals surface area contributed by atoms with Gasteiger partial charge in [0, 0.05) is 49.3 Å². The largest absolute Gasteiger partial charge is 0.478 e. The van der Waals surface area contributed by atoms with Gasteiger partial charge >= 0.3 is 5.97 Å². The standard InChI is InChI=1S/C15H20N2O4/c1-11(2)17(8-9-21-3)15(20)13-6-7-16-10-12(13)4-5-14(18)19/h4-7,10-11H,8-9H2,1-3H3,(H,18,19)/b5-4+. The summed E-state index contributed by atoms with van der Waals surface area (Å²) in [4.78, 5) is 28.8. The Bertz CT molecular complexity index is 526. The molecule has 114 valence electrons. The number of aromatic nitrogens is 1. The molecule has 0 fully saturated rings. The average Bonchev–Trinajstić information content (AvgIpc) is 2.45. The normalized spacial score (nSPS) is 11.0. The second kappa shape index (κ2) is 8.16. The van der Waals surface area contributed by atoms with Gasteiger partial charge in [-0.25, -0.2) is 4.79 Å². The summed E-state index contributed by atoms with van der Waals surface area (Å²) >= 11 is 0. The number of carboxylic acids is 1. The van der Waals surface area contributed by atoms with E-state index >= 15 is 0 Å². The minimum Gasteiger partial charge on any atom is -0.478 e. The maximum Gasteiger partial charge on any atom is 0.328 e. The summed E-state index contributed by atoms with van der Waals surface area (Å²) in [5.41, 5.74) is 0.903. The van der Waals surface area contributed by atoms with Crippen LogP contribution in [0.15, 0.2) is 24.5 Å². The monoisotopic (exact) mass is 292 g/mol. The van der Waals surface area contributed by atoms with Crippen LogP contribution in [-0.4, -0.2) is 53.2 Å². The van der Waals surface area contributed by atoms with Gasteiger partial charge < -0.3 is 14.7 Å². The van der Waals surface area contributed by atoms with Crippen molar-refractivity contribution in [1.82, 2.24) is 9.88 Å². The van der Waals surface area contributed by atoms with Gasteiger partial charge in [0.15, 0.2) is 0 Å². The Labute approximate surface area is 124 Å². The van der Waals surface area contributed by atoms with E-state index in [1.54, 1.807) is 18.1 Å². The zero-order valence-corrected chi connectivity index (χ0v) is 12.4.